The Morgan fingerprint density at radius 2 is 1.86 bits per heavy atom. The summed E-state index contributed by atoms with van der Waals surface area (Å²) in [5.74, 6) is -0.529. The number of hydrogen-bond donors (Lipinski definition) is 1. The zero-order valence-electron chi connectivity index (χ0n) is 19.3. The van der Waals surface area contributed by atoms with E-state index in [1.165, 1.54) is 13.8 Å². The SMILES string of the molecule is CC(C)([C@H](OC(N)=O)C(=O)N1C[C@@H](F)C[C@H]1C#N)S(=O)(=O)Cc1cccc(Oc2ccccc2)c1. The molecule has 1 fully saturated rings. The van der Waals surface area contributed by atoms with Gasteiger partial charge in [0.25, 0.3) is 5.91 Å². The molecule has 2 amide bonds. The van der Waals surface area contributed by atoms with Gasteiger partial charge >= 0.3 is 6.09 Å². The standard InChI is InChI=1S/C24H26FN3O6S/c1-24(2,21(34-23(27)30)22(29)28-14-17(25)12-18(28)13-26)35(31,32)15-16-7-6-10-20(11-16)33-19-8-4-3-5-9-19/h3-11,17-18,21H,12,14-15H2,1-2H3,(H2,27,30)/t17-,18-,21+/m0/s1. The highest BCUT2D eigenvalue weighted by atomic mass is 32.2. The third-order valence-electron chi connectivity index (χ3n) is 5.81. The van der Waals surface area contributed by atoms with Crippen molar-refractivity contribution in [3.05, 3.63) is 60.2 Å². The molecule has 0 unspecified atom stereocenters. The molecule has 1 aliphatic rings. The van der Waals surface area contributed by atoms with Crippen LogP contribution in [0.15, 0.2) is 54.6 Å². The Morgan fingerprint density at radius 3 is 2.49 bits per heavy atom. The van der Waals surface area contributed by atoms with E-state index in [0.29, 0.717) is 17.1 Å². The Balaban J connectivity index is 1.87. The summed E-state index contributed by atoms with van der Waals surface area (Å²) in [6.07, 6.45) is -4.92. The lowest BCUT2D eigenvalue weighted by atomic mass is 10.0. The van der Waals surface area contributed by atoms with Crippen LogP contribution in [-0.4, -0.2) is 54.9 Å². The van der Waals surface area contributed by atoms with Gasteiger partial charge in [0.2, 0.25) is 6.10 Å². The summed E-state index contributed by atoms with van der Waals surface area (Å²) in [5, 5.41) is 9.28. The summed E-state index contributed by atoms with van der Waals surface area (Å²) in [6.45, 7) is 2.04. The minimum atomic E-state index is -4.17. The smallest absolute Gasteiger partial charge is 0.405 e. The van der Waals surface area contributed by atoms with Gasteiger partial charge in [-0.25, -0.2) is 17.6 Å². The van der Waals surface area contributed by atoms with Gasteiger partial charge in [-0.1, -0.05) is 30.3 Å². The lowest BCUT2D eigenvalue weighted by molar-refractivity contribution is -0.141. The van der Waals surface area contributed by atoms with Crippen LogP contribution >= 0.6 is 0 Å². The van der Waals surface area contributed by atoms with E-state index in [1.54, 1.807) is 48.5 Å². The first kappa shape index (κ1) is 26.0. The molecule has 3 rings (SSSR count). The predicted octanol–water partition coefficient (Wildman–Crippen LogP) is 3.10. The molecule has 2 aromatic carbocycles. The highest BCUT2D eigenvalue weighted by Gasteiger charge is 2.51. The molecule has 2 N–H and O–H groups in total. The van der Waals surface area contributed by atoms with Crippen LogP contribution in [0.3, 0.4) is 0 Å². The molecule has 0 aromatic heterocycles. The van der Waals surface area contributed by atoms with Crippen LogP contribution in [0.1, 0.15) is 25.8 Å². The fourth-order valence-electron chi connectivity index (χ4n) is 3.80. The van der Waals surface area contributed by atoms with Crippen LogP contribution in [0, 0.1) is 11.3 Å². The number of ether oxygens (including phenoxy) is 2. The summed E-state index contributed by atoms with van der Waals surface area (Å²) in [6, 6.07) is 16.1. The normalized spacial score (nSPS) is 19.0. The zero-order chi connectivity index (χ0) is 25.8. The molecule has 0 spiro atoms. The van der Waals surface area contributed by atoms with Crippen molar-refractivity contribution >= 4 is 21.8 Å². The molecule has 1 aliphatic heterocycles. The van der Waals surface area contributed by atoms with Crippen LogP contribution in [-0.2, 0) is 25.1 Å². The minimum absolute atomic E-state index is 0.215. The highest BCUT2D eigenvalue weighted by Crippen LogP contribution is 2.32. The molecule has 9 nitrogen and oxygen atoms in total. The third-order valence-corrected chi connectivity index (χ3v) is 8.34. The van der Waals surface area contributed by atoms with Crippen LogP contribution in [0.2, 0.25) is 0 Å². The fraction of sp³-hybridized carbons (Fsp3) is 0.375. The molecule has 0 saturated carbocycles. The number of halogens is 1. The van der Waals surface area contributed by atoms with Gasteiger partial charge in [-0.05, 0) is 43.7 Å². The number of benzene rings is 2. The quantitative estimate of drug-likeness (QED) is 0.584. The van der Waals surface area contributed by atoms with E-state index in [0.717, 1.165) is 4.90 Å². The number of nitrogens with zero attached hydrogens (tertiary/aromatic N) is 2. The number of amides is 2. The van der Waals surface area contributed by atoms with Crippen LogP contribution in [0.4, 0.5) is 9.18 Å². The molecule has 1 saturated heterocycles. The first-order valence-corrected chi connectivity index (χ1v) is 12.4. The summed E-state index contributed by atoms with van der Waals surface area (Å²) in [7, 11) is -4.17. The van der Waals surface area contributed by atoms with Gasteiger partial charge in [-0.2, -0.15) is 5.26 Å². The molecule has 0 radical (unpaired) electrons. The van der Waals surface area contributed by atoms with Gasteiger partial charge in [0, 0.05) is 6.42 Å². The van der Waals surface area contributed by atoms with E-state index in [-0.39, 0.29) is 6.42 Å². The number of hydrogen-bond acceptors (Lipinski definition) is 7. The number of sulfone groups is 1. The van der Waals surface area contributed by atoms with E-state index >= 15 is 0 Å². The second-order valence-electron chi connectivity index (χ2n) is 8.71. The molecule has 11 heteroatoms. The maximum atomic E-state index is 13.9. The van der Waals surface area contributed by atoms with E-state index < -0.39 is 57.2 Å². The summed E-state index contributed by atoms with van der Waals surface area (Å²) in [4.78, 5) is 25.7. The number of alkyl halides is 1. The predicted molar refractivity (Wildman–Crippen MR) is 125 cm³/mol. The van der Waals surface area contributed by atoms with Gasteiger partial charge < -0.3 is 20.1 Å². The summed E-state index contributed by atoms with van der Waals surface area (Å²) < 4.78 is 49.6. The minimum Gasteiger partial charge on any atom is -0.457 e. The zero-order valence-corrected chi connectivity index (χ0v) is 20.1. The molecular formula is C24H26FN3O6S. The highest BCUT2D eigenvalue weighted by molar-refractivity contribution is 7.92. The van der Waals surface area contributed by atoms with Crippen molar-refractivity contribution in [1.82, 2.24) is 4.90 Å². The van der Waals surface area contributed by atoms with Gasteiger partial charge in [-0.3, -0.25) is 4.79 Å². The van der Waals surface area contributed by atoms with Crippen molar-refractivity contribution in [1.29, 1.82) is 5.26 Å². The Hall–Kier alpha value is -3.65. The van der Waals surface area contributed by atoms with Gasteiger partial charge in [0.1, 0.15) is 28.5 Å². The number of primary amides is 1. The average molecular weight is 504 g/mol. The molecule has 2 aromatic rings. The van der Waals surface area contributed by atoms with Crippen molar-refractivity contribution in [3.8, 4) is 17.6 Å². The number of nitrogens with two attached hydrogens (primary N) is 1. The van der Waals surface area contributed by atoms with Crippen molar-refractivity contribution < 1.29 is 31.9 Å². The van der Waals surface area contributed by atoms with Crippen molar-refractivity contribution in [2.45, 2.75) is 49.1 Å². The Bertz CT molecular complexity index is 1230. The number of carbonyl (C=O) groups is 2. The molecule has 35 heavy (non-hydrogen) atoms. The molecule has 0 aliphatic carbocycles. The van der Waals surface area contributed by atoms with Crippen molar-refractivity contribution in [2.24, 2.45) is 5.73 Å². The molecule has 3 atom stereocenters. The Morgan fingerprint density at radius 1 is 1.20 bits per heavy atom. The van der Waals surface area contributed by atoms with Crippen LogP contribution < -0.4 is 10.5 Å². The number of para-hydroxylation sites is 1. The summed E-state index contributed by atoms with van der Waals surface area (Å²) in [5.41, 5.74) is 5.50. The second kappa shape index (κ2) is 10.3. The Labute approximate surface area is 203 Å². The molecule has 186 valence electrons. The number of likely N-dealkylation sites (tertiary alicyclic amines) is 1. The maximum absolute atomic E-state index is 13.9. The van der Waals surface area contributed by atoms with Crippen molar-refractivity contribution in [3.63, 3.8) is 0 Å². The summed E-state index contributed by atoms with van der Waals surface area (Å²) >= 11 is 0. The number of nitriles is 1. The molecular weight excluding hydrogens is 477 g/mol. The van der Waals surface area contributed by atoms with E-state index in [2.05, 4.69) is 0 Å². The second-order valence-corrected chi connectivity index (χ2v) is 11.3. The largest absolute Gasteiger partial charge is 0.457 e. The first-order chi connectivity index (χ1) is 16.4. The van der Waals surface area contributed by atoms with Crippen molar-refractivity contribution in [2.75, 3.05) is 6.54 Å². The number of carbonyl (C=O) groups excluding carboxylic acids is 2. The monoisotopic (exact) mass is 503 g/mol. The molecule has 0 bridgehead atoms. The number of rotatable bonds is 8. The third kappa shape index (κ3) is 5.89. The lowest BCUT2D eigenvalue weighted by Gasteiger charge is -2.34. The first-order valence-electron chi connectivity index (χ1n) is 10.8. The van der Waals surface area contributed by atoms with Gasteiger partial charge in [0.15, 0.2) is 9.84 Å². The van der Waals surface area contributed by atoms with Crippen LogP contribution in [0.25, 0.3) is 0 Å². The van der Waals surface area contributed by atoms with E-state index in [4.69, 9.17) is 15.2 Å². The van der Waals surface area contributed by atoms with E-state index in [9.17, 15) is 27.7 Å². The topological polar surface area (TPSA) is 140 Å². The van der Waals surface area contributed by atoms with E-state index in [1.807, 2.05) is 12.1 Å². The molecule has 1 heterocycles. The maximum Gasteiger partial charge on any atom is 0.405 e. The van der Waals surface area contributed by atoms with Gasteiger partial charge in [0.05, 0.1) is 18.4 Å². The Kier molecular flexibility index (Phi) is 7.65. The lowest BCUT2D eigenvalue weighted by Crippen LogP contribution is -2.56. The van der Waals surface area contributed by atoms with Gasteiger partial charge in [-0.15, -0.1) is 0 Å². The fourth-order valence-corrected chi connectivity index (χ4v) is 5.26. The van der Waals surface area contributed by atoms with Crippen LogP contribution in [0.5, 0.6) is 11.5 Å². The average Bonchev–Trinajstić information content (AvgIpc) is 3.18.